The first-order valence-electron chi connectivity index (χ1n) is 5.02. The van der Waals surface area contributed by atoms with Gasteiger partial charge in [0.1, 0.15) is 5.82 Å². The summed E-state index contributed by atoms with van der Waals surface area (Å²) in [6.45, 7) is 0.0236. The molecule has 1 aliphatic rings. The highest BCUT2D eigenvalue weighted by atomic mass is 19.1. The maximum atomic E-state index is 13.6. The average molecular weight is 225 g/mol. The van der Waals surface area contributed by atoms with Crippen LogP contribution in [0, 0.1) is 11.7 Å². The number of carboxylic acid groups (broad SMARTS) is 1. The molecule has 86 valence electrons. The molecule has 1 amide bonds. The van der Waals surface area contributed by atoms with Crippen molar-refractivity contribution in [3.05, 3.63) is 29.1 Å². The van der Waals surface area contributed by atoms with Crippen LogP contribution in [0.5, 0.6) is 0 Å². The lowest BCUT2D eigenvalue weighted by Gasteiger charge is -2.05. The molecule has 0 fully saturated rings. The van der Waals surface area contributed by atoms with Crippen molar-refractivity contribution < 1.29 is 19.4 Å². The molecule has 1 aromatic carbocycles. The van der Waals surface area contributed by atoms with E-state index < -0.39 is 11.9 Å². The Morgan fingerprint density at radius 2 is 2.25 bits per heavy atom. The molecule has 0 bridgehead atoms. The SMILES string of the molecule is O=C(O)Nc1cc(F)c2c(c1)CC(CO)C2. The van der Waals surface area contributed by atoms with Crippen molar-refractivity contribution >= 4 is 11.8 Å². The molecule has 1 aliphatic carbocycles. The maximum absolute atomic E-state index is 13.6. The first kappa shape index (κ1) is 10.9. The van der Waals surface area contributed by atoms with Crippen LogP contribution in [-0.2, 0) is 12.8 Å². The van der Waals surface area contributed by atoms with Gasteiger partial charge in [0.15, 0.2) is 0 Å². The van der Waals surface area contributed by atoms with E-state index in [1.807, 2.05) is 0 Å². The normalized spacial score (nSPS) is 18.2. The van der Waals surface area contributed by atoms with E-state index in [1.165, 1.54) is 6.07 Å². The van der Waals surface area contributed by atoms with Gasteiger partial charge in [-0.3, -0.25) is 5.32 Å². The largest absolute Gasteiger partial charge is 0.465 e. The van der Waals surface area contributed by atoms with E-state index in [1.54, 1.807) is 6.07 Å². The van der Waals surface area contributed by atoms with Crippen LogP contribution in [-0.4, -0.2) is 22.9 Å². The molecule has 1 atom stereocenters. The predicted molar refractivity (Wildman–Crippen MR) is 56.0 cm³/mol. The van der Waals surface area contributed by atoms with Crippen LogP contribution < -0.4 is 5.32 Å². The lowest BCUT2D eigenvalue weighted by Crippen LogP contribution is -2.08. The maximum Gasteiger partial charge on any atom is 0.409 e. The van der Waals surface area contributed by atoms with Gasteiger partial charge < -0.3 is 10.2 Å². The number of nitrogens with one attached hydrogen (secondary N) is 1. The predicted octanol–water partition coefficient (Wildman–Crippen LogP) is 1.62. The molecule has 2 rings (SSSR count). The quantitative estimate of drug-likeness (QED) is 0.716. The fourth-order valence-corrected chi connectivity index (χ4v) is 2.10. The Balaban J connectivity index is 2.30. The second kappa shape index (κ2) is 4.09. The zero-order valence-corrected chi connectivity index (χ0v) is 8.53. The third-order valence-electron chi connectivity index (χ3n) is 2.80. The summed E-state index contributed by atoms with van der Waals surface area (Å²) in [6, 6.07) is 2.80. The molecule has 0 aliphatic heterocycles. The van der Waals surface area contributed by atoms with Gasteiger partial charge in [0.05, 0.1) is 0 Å². The molecule has 16 heavy (non-hydrogen) atoms. The minimum absolute atomic E-state index is 0.0236. The first-order chi connectivity index (χ1) is 7.60. The Labute approximate surface area is 91.7 Å². The Bertz CT molecular complexity index is 433. The summed E-state index contributed by atoms with van der Waals surface area (Å²) in [6.07, 6.45) is -0.0980. The Kier molecular flexibility index (Phi) is 2.78. The molecule has 5 heteroatoms. The summed E-state index contributed by atoms with van der Waals surface area (Å²) in [5.41, 5.74) is 1.61. The summed E-state index contributed by atoms with van der Waals surface area (Å²) < 4.78 is 13.6. The number of benzene rings is 1. The van der Waals surface area contributed by atoms with Gasteiger partial charge in [-0.15, -0.1) is 0 Å². The van der Waals surface area contributed by atoms with Gasteiger partial charge in [-0.05, 0) is 42.0 Å². The number of rotatable bonds is 2. The highest BCUT2D eigenvalue weighted by Crippen LogP contribution is 2.31. The molecule has 0 radical (unpaired) electrons. The summed E-state index contributed by atoms with van der Waals surface area (Å²) in [5, 5.41) is 19.7. The van der Waals surface area contributed by atoms with Crippen molar-refractivity contribution in [3.8, 4) is 0 Å². The van der Waals surface area contributed by atoms with Gasteiger partial charge in [-0.25, -0.2) is 9.18 Å². The first-order valence-corrected chi connectivity index (χ1v) is 5.02. The number of anilines is 1. The summed E-state index contributed by atoms with van der Waals surface area (Å²) >= 11 is 0. The van der Waals surface area contributed by atoms with Crippen LogP contribution in [0.2, 0.25) is 0 Å². The van der Waals surface area contributed by atoms with Crippen molar-refractivity contribution in [1.82, 2.24) is 0 Å². The van der Waals surface area contributed by atoms with Crippen LogP contribution >= 0.6 is 0 Å². The molecule has 4 nitrogen and oxygen atoms in total. The van der Waals surface area contributed by atoms with Gasteiger partial charge >= 0.3 is 6.09 Å². The average Bonchev–Trinajstić information content (AvgIpc) is 2.60. The summed E-state index contributed by atoms with van der Waals surface area (Å²) in [7, 11) is 0. The molecular formula is C11H12FNO3. The van der Waals surface area contributed by atoms with Crippen molar-refractivity contribution in [1.29, 1.82) is 0 Å². The molecule has 0 saturated heterocycles. The second-order valence-electron chi connectivity index (χ2n) is 3.98. The van der Waals surface area contributed by atoms with Gasteiger partial charge in [0.25, 0.3) is 0 Å². The third kappa shape index (κ3) is 1.99. The van der Waals surface area contributed by atoms with Gasteiger partial charge in [-0.2, -0.15) is 0 Å². The van der Waals surface area contributed by atoms with Gasteiger partial charge in [-0.1, -0.05) is 0 Å². The number of amides is 1. The fraction of sp³-hybridized carbons (Fsp3) is 0.364. The lowest BCUT2D eigenvalue weighted by atomic mass is 10.1. The molecule has 0 heterocycles. The van der Waals surface area contributed by atoms with Crippen molar-refractivity contribution in [2.75, 3.05) is 11.9 Å². The number of hydrogen-bond donors (Lipinski definition) is 3. The van der Waals surface area contributed by atoms with E-state index in [0.717, 1.165) is 5.56 Å². The molecule has 0 spiro atoms. The highest BCUT2D eigenvalue weighted by molar-refractivity contribution is 5.83. The smallest absolute Gasteiger partial charge is 0.409 e. The van der Waals surface area contributed by atoms with E-state index in [0.29, 0.717) is 18.4 Å². The number of hydrogen-bond acceptors (Lipinski definition) is 2. The topological polar surface area (TPSA) is 69.6 Å². The van der Waals surface area contributed by atoms with Crippen molar-refractivity contribution in [2.45, 2.75) is 12.8 Å². The van der Waals surface area contributed by atoms with E-state index in [9.17, 15) is 9.18 Å². The number of fused-ring (bicyclic) bond motifs is 1. The second-order valence-corrected chi connectivity index (χ2v) is 3.98. The number of aliphatic hydroxyl groups is 1. The van der Waals surface area contributed by atoms with Crippen LogP contribution in [0.1, 0.15) is 11.1 Å². The van der Waals surface area contributed by atoms with E-state index in [4.69, 9.17) is 10.2 Å². The zero-order chi connectivity index (χ0) is 11.7. The third-order valence-corrected chi connectivity index (χ3v) is 2.80. The van der Waals surface area contributed by atoms with E-state index in [-0.39, 0.29) is 18.2 Å². The van der Waals surface area contributed by atoms with Gasteiger partial charge in [0, 0.05) is 12.3 Å². The number of halogens is 1. The standard InChI is InChI=1S/C11H12FNO3/c12-10-4-8(13-11(15)16)3-7-1-6(5-14)2-9(7)10/h3-4,6,13-14H,1-2,5H2,(H,15,16). The molecule has 1 aromatic rings. The summed E-state index contributed by atoms with van der Waals surface area (Å²) in [4.78, 5) is 10.4. The molecule has 3 N–H and O–H groups in total. The van der Waals surface area contributed by atoms with Crippen molar-refractivity contribution in [2.24, 2.45) is 5.92 Å². The molecule has 1 unspecified atom stereocenters. The molecule has 0 saturated carbocycles. The Morgan fingerprint density at radius 3 is 2.88 bits per heavy atom. The number of carbonyl (C=O) groups is 1. The van der Waals surface area contributed by atoms with Crippen LogP contribution in [0.4, 0.5) is 14.9 Å². The number of aliphatic hydroxyl groups excluding tert-OH is 1. The Hall–Kier alpha value is -1.62. The van der Waals surface area contributed by atoms with E-state index in [2.05, 4.69) is 5.32 Å². The minimum Gasteiger partial charge on any atom is -0.465 e. The van der Waals surface area contributed by atoms with Gasteiger partial charge in [0.2, 0.25) is 0 Å². The monoisotopic (exact) mass is 225 g/mol. The molecule has 0 aromatic heterocycles. The van der Waals surface area contributed by atoms with Crippen molar-refractivity contribution in [3.63, 3.8) is 0 Å². The fourth-order valence-electron chi connectivity index (χ4n) is 2.10. The summed E-state index contributed by atoms with van der Waals surface area (Å²) in [5.74, 6) is -0.359. The van der Waals surface area contributed by atoms with Crippen LogP contribution in [0.25, 0.3) is 0 Å². The minimum atomic E-state index is -1.21. The lowest BCUT2D eigenvalue weighted by molar-refractivity contribution is 0.209. The van der Waals surface area contributed by atoms with Crippen LogP contribution in [0.3, 0.4) is 0 Å². The highest BCUT2D eigenvalue weighted by Gasteiger charge is 2.24. The van der Waals surface area contributed by atoms with E-state index >= 15 is 0 Å². The zero-order valence-electron chi connectivity index (χ0n) is 8.53. The Morgan fingerprint density at radius 1 is 1.50 bits per heavy atom. The molecular weight excluding hydrogens is 213 g/mol. The van der Waals surface area contributed by atoms with Crippen LogP contribution in [0.15, 0.2) is 12.1 Å².